The van der Waals surface area contributed by atoms with E-state index in [0.29, 0.717) is 49.0 Å². The van der Waals surface area contributed by atoms with E-state index in [1.54, 1.807) is 31.2 Å². The summed E-state index contributed by atoms with van der Waals surface area (Å²) in [7, 11) is 0. The maximum atomic E-state index is 13.2. The van der Waals surface area contributed by atoms with Crippen LogP contribution in [0.25, 0.3) is 0 Å². The lowest BCUT2D eigenvalue weighted by molar-refractivity contribution is -0.137. The van der Waals surface area contributed by atoms with Crippen molar-refractivity contribution in [3.05, 3.63) is 59.7 Å². The molecule has 0 bridgehead atoms. The van der Waals surface area contributed by atoms with Crippen LogP contribution < -0.4 is 10.6 Å². The number of hydrogen-bond donors (Lipinski definition) is 2. The third kappa shape index (κ3) is 7.40. The molecule has 2 aromatic carbocycles. The highest BCUT2D eigenvalue weighted by molar-refractivity contribution is 7.80. The number of halogens is 3. The summed E-state index contributed by atoms with van der Waals surface area (Å²) in [5, 5.41) is 5.93. The van der Waals surface area contributed by atoms with Crippen LogP contribution >= 0.6 is 12.2 Å². The van der Waals surface area contributed by atoms with Gasteiger partial charge in [0.1, 0.15) is 0 Å². The lowest BCUT2D eigenvalue weighted by Gasteiger charge is -2.25. The average molecular weight is 509 g/mol. The molecule has 0 atom stereocenters. The highest BCUT2D eigenvalue weighted by Crippen LogP contribution is 2.34. The number of nitrogens with zero attached hydrogens (tertiary/aromatic N) is 2. The molecule has 0 unspecified atom stereocenters. The van der Waals surface area contributed by atoms with Gasteiger partial charge in [-0.3, -0.25) is 9.69 Å². The molecule has 7 nitrogen and oxygen atoms in total. The van der Waals surface area contributed by atoms with Gasteiger partial charge in [0, 0.05) is 26.2 Å². The first-order valence-corrected chi connectivity index (χ1v) is 11.6. The number of esters is 1. The Kier molecular flexibility index (Phi) is 9.05. The van der Waals surface area contributed by atoms with Crippen LogP contribution in [0, 0.1) is 0 Å². The minimum atomic E-state index is -4.55. The second kappa shape index (κ2) is 12.0. The maximum Gasteiger partial charge on any atom is 0.418 e. The molecular formula is C24H27F3N4O3S. The molecule has 0 spiro atoms. The largest absolute Gasteiger partial charge is 0.462 e. The molecule has 2 aromatic rings. The van der Waals surface area contributed by atoms with Gasteiger partial charge in [-0.1, -0.05) is 24.3 Å². The Bertz CT molecular complexity index is 1060. The van der Waals surface area contributed by atoms with Crippen LogP contribution in [0.15, 0.2) is 48.5 Å². The van der Waals surface area contributed by atoms with E-state index in [-0.39, 0.29) is 18.8 Å². The van der Waals surface area contributed by atoms with Gasteiger partial charge in [0.15, 0.2) is 5.11 Å². The Morgan fingerprint density at radius 3 is 2.37 bits per heavy atom. The van der Waals surface area contributed by atoms with E-state index in [1.165, 1.54) is 18.2 Å². The van der Waals surface area contributed by atoms with E-state index >= 15 is 0 Å². The average Bonchev–Trinajstić information content (AvgIpc) is 3.05. The summed E-state index contributed by atoms with van der Waals surface area (Å²) < 4.78 is 44.6. The van der Waals surface area contributed by atoms with E-state index in [0.717, 1.165) is 6.07 Å². The number of carbonyl (C=O) groups is 2. The number of hydrogen-bond acceptors (Lipinski definition) is 5. The molecule has 1 heterocycles. The SMILES string of the molecule is CCOC(=O)c1ccccc1NC(=S)N1CCCN(CC(=O)Nc2ccccc2C(F)(F)F)CC1. The van der Waals surface area contributed by atoms with Gasteiger partial charge in [0.05, 0.1) is 35.7 Å². The Labute approximate surface area is 207 Å². The summed E-state index contributed by atoms with van der Waals surface area (Å²) >= 11 is 5.55. The number of benzene rings is 2. The van der Waals surface area contributed by atoms with Crippen molar-refractivity contribution in [1.29, 1.82) is 0 Å². The van der Waals surface area contributed by atoms with Gasteiger partial charge < -0.3 is 20.3 Å². The van der Waals surface area contributed by atoms with Crippen LogP contribution in [0.3, 0.4) is 0 Å². The highest BCUT2D eigenvalue weighted by atomic mass is 32.1. The standard InChI is InChI=1S/C24H27F3N4O3S/c1-2-34-22(33)17-8-3-5-10-19(17)29-23(35)31-13-7-12-30(14-15-31)16-21(32)28-20-11-6-4-9-18(20)24(25,26)27/h3-6,8-11H,2,7,12-16H2,1H3,(H,28,32)(H,29,35). The van der Waals surface area contributed by atoms with Crippen LogP contribution in [-0.2, 0) is 15.7 Å². The summed E-state index contributed by atoms with van der Waals surface area (Å²) in [6.07, 6.45) is -3.85. The van der Waals surface area contributed by atoms with E-state index in [9.17, 15) is 22.8 Å². The van der Waals surface area contributed by atoms with Gasteiger partial charge in [-0.15, -0.1) is 0 Å². The Balaban J connectivity index is 1.56. The van der Waals surface area contributed by atoms with Crippen molar-refractivity contribution in [1.82, 2.24) is 9.80 Å². The number of rotatable bonds is 6. The van der Waals surface area contributed by atoms with Gasteiger partial charge >= 0.3 is 12.1 Å². The summed E-state index contributed by atoms with van der Waals surface area (Å²) in [6.45, 7) is 4.18. The molecule has 1 aliphatic rings. The molecule has 0 aromatic heterocycles. The van der Waals surface area contributed by atoms with E-state index in [4.69, 9.17) is 17.0 Å². The minimum absolute atomic E-state index is 0.0358. The van der Waals surface area contributed by atoms with Gasteiger partial charge in [-0.25, -0.2) is 4.79 Å². The Hall–Kier alpha value is -3.18. The molecule has 11 heteroatoms. The number of anilines is 2. The van der Waals surface area contributed by atoms with Crippen molar-refractivity contribution in [2.24, 2.45) is 0 Å². The molecule has 3 rings (SSSR count). The summed E-state index contributed by atoms with van der Waals surface area (Å²) in [4.78, 5) is 28.5. The number of thiocarbonyl (C=S) groups is 1. The fourth-order valence-electron chi connectivity index (χ4n) is 3.74. The molecule has 35 heavy (non-hydrogen) atoms. The lowest BCUT2D eigenvalue weighted by Crippen LogP contribution is -2.39. The number of amides is 1. The van der Waals surface area contributed by atoms with Gasteiger partial charge in [-0.05, 0) is 49.8 Å². The van der Waals surface area contributed by atoms with Gasteiger partial charge in [-0.2, -0.15) is 13.2 Å². The molecule has 1 fully saturated rings. The quantitative estimate of drug-likeness (QED) is 0.447. The van der Waals surface area contributed by atoms with Crippen molar-refractivity contribution in [2.75, 3.05) is 50.0 Å². The number of ether oxygens (including phenoxy) is 1. The number of para-hydroxylation sites is 2. The Morgan fingerprint density at radius 2 is 1.66 bits per heavy atom. The second-order valence-corrected chi connectivity index (χ2v) is 8.29. The lowest BCUT2D eigenvalue weighted by atomic mass is 10.1. The monoisotopic (exact) mass is 508 g/mol. The normalized spacial score (nSPS) is 14.7. The van der Waals surface area contributed by atoms with Gasteiger partial charge in [0.2, 0.25) is 5.91 Å². The summed E-state index contributed by atoms with van der Waals surface area (Å²) in [6, 6.07) is 11.8. The van der Waals surface area contributed by atoms with Crippen LogP contribution in [0.1, 0.15) is 29.3 Å². The van der Waals surface area contributed by atoms with E-state index in [1.807, 2.05) is 9.80 Å². The van der Waals surface area contributed by atoms with Crippen molar-refractivity contribution in [3.63, 3.8) is 0 Å². The van der Waals surface area contributed by atoms with Crippen molar-refractivity contribution < 1.29 is 27.5 Å². The van der Waals surface area contributed by atoms with Crippen molar-refractivity contribution >= 4 is 40.6 Å². The first-order chi connectivity index (χ1) is 16.7. The van der Waals surface area contributed by atoms with Crippen molar-refractivity contribution in [2.45, 2.75) is 19.5 Å². The molecule has 188 valence electrons. The van der Waals surface area contributed by atoms with Crippen LogP contribution in [-0.4, -0.2) is 66.1 Å². The second-order valence-electron chi connectivity index (χ2n) is 7.90. The van der Waals surface area contributed by atoms with Crippen LogP contribution in [0.4, 0.5) is 24.5 Å². The van der Waals surface area contributed by atoms with Gasteiger partial charge in [0.25, 0.3) is 0 Å². The smallest absolute Gasteiger partial charge is 0.418 e. The topological polar surface area (TPSA) is 73.9 Å². The number of carbonyl (C=O) groups excluding carboxylic acids is 2. The third-order valence-corrected chi connectivity index (χ3v) is 5.77. The predicted molar refractivity (Wildman–Crippen MR) is 131 cm³/mol. The predicted octanol–water partition coefficient (Wildman–Crippen LogP) is 4.23. The molecule has 2 N–H and O–H groups in total. The first kappa shape index (κ1) is 26.4. The summed E-state index contributed by atoms with van der Waals surface area (Å²) in [5.41, 5.74) is -0.217. The zero-order valence-electron chi connectivity index (χ0n) is 19.2. The highest BCUT2D eigenvalue weighted by Gasteiger charge is 2.33. The van der Waals surface area contributed by atoms with Crippen LogP contribution in [0.2, 0.25) is 0 Å². The number of alkyl halides is 3. The van der Waals surface area contributed by atoms with E-state index < -0.39 is 23.6 Å². The third-order valence-electron chi connectivity index (χ3n) is 5.41. The molecule has 0 radical (unpaired) electrons. The zero-order chi connectivity index (χ0) is 25.4. The molecule has 1 saturated heterocycles. The zero-order valence-corrected chi connectivity index (χ0v) is 20.0. The molecule has 1 amide bonds. The summed E-state index contributed by atoms with van der Waals surface area (Å²) in [5.74, 6) is -0.960. The molecule has 0 saturated carbocycles. The first-order valence-electron chi connectivity index (χ1n) is 11.2. The molecule has 0 aliphatic carbocycles. The fourth-order valence-corrected chi connectivity index (χ4v) is 4.03. The van der Waals surface area contributed by atoms with Crippen molar-refractivity contribution in [3.8, 4) is 0 Å². The minimum Gasteiger partial charge on any atom is -0.462 e. The number of nitrogens with one attached hydrogen (secondary N) is 2. The fraction of sp³-hybridized carbons (Fsp3) is 0.375. The molecular weight excluding hydrogens is 481 g/mol. The Morgan fingerprint density at radius 1 is 0.971 bits per heavy atom. The maximum absolute atomic E-state index is 13.2. The molecule has 1 aliphatic heterocycles. The van der Waals surface area contributed by atoms with E-state index in [2.05, 4.69) is 10.6 Å². The van der Waals surface area contributed by atoms with Crippen LogP contribution in [0.5, 0.6) is 0 Å².